The molecule has 0 aliphatic carbocycles. The van der Waals surface area contributed by atoms with Gasteiger partial charge in [-0.1, -0.05) is 93.6 Å². The number of anilines is 1. The minimum atomic E-state index is -0.537. The number of hydrazine groups is 1. The summed E-state index contributed by atoms with van der Waals surface area (Å²) >= 11 is 0. The van der Waals surface area contributed by atoms with Crippen LogP contribution in [0.25, 0.3) is 44.1 Å². The summed E-state index contributed by atoms with van der Waals surface area (Å²) in [6.45, 7) is 9.08. The number of benzene rings is 4. The van der Waals surface area contributed by atoms with Gasteiger partial charge in [-0.25, -0.2) is 10.5 Å². The van der Waals surface area contributed by atoms with Crippen LogP contribution in [0.1, 0.15) is 60.4 Å². The van der Waals surface area contributed by atoms with E-state index >= 15 is 0 Å². The number of amides is 2. The Morgan fingerprint density at radius 3 is 1.88 bits per heavy atom. The number of nitrogens with zero attached hydrogens (tertiary/aromatic N) is 5. The highest BCUT2D eigenvalue weighted by atomic mass is 16.2. The zero-order valence-corrected chi connectivity index (χ0v) is 29.1. The normalized spacial score (nSPS) is 14.0. The highest BCUT2D eigenvalue weighted by Crippen LogP contribution is 2.34. The lowest BCUT2D eigenvalue weighted by Crippen LogP contribution is -2.32. The van der Waals surface area contributed by atoms with Crippen LogP contribution in [0, 0.1) is 5.41 Å². The molecule has 1 aliphatic heterocycles. The maximum atomic E-state index is 12.2. The van der Waals surface area contributed by atoms with Crippen LogP contribution in [0.15, 0.2) is 91.1 Å². The quantitative estimate of drug-likeness (QED) is 0.0958. The van der Waals surface area contributed by atoms with Gasteiger partial charge in [0.2, 0.25) is 0 Å². The first-order chi connectivity index (χ1) is 23.9. The molecule has 0 atom stereocenters. The molecule has 0 bridgehead atoms. The molecule has 7 N–H and O–H groups in total. The summed E-state index contributed by atoms with van der Waals surface area (Å²) in [6, 6.07) is 28.5. The lowest BCUT2D eigenvalue weighted by atomic mass is 9.97. The lowest BCUT2D eigenvalue weighted by molar-refractivity contribution is 0.0952. The van der Waals surface area contributed by atoms with Gasteiger partial charge in [-0.2, -0.15) is 10.2 Å². The van der Waals surface area contributed by atoms with Gasteiger partial charge in [0, 0.05) is 23.9 Å². The van der Waals surface area contributed by atoms with Crippen molar-refractivity contribution in [1.29, 1.82) is 0 Å². The number of hydrogen-bond donors (Lipinski definition) is 4. The van der Waals surface area contributed by atoms with Gasteiger partial charge in [0.15, 0.2) is 0 Å². The molecule has 3 heterocycles. The maximum absolute atomic E-state index is 12.2. The number of hydrogen-bond acceptors (Lipinski definition) is 7. The van der Waals surface area contributed by atoms with E-state index in [1.165, 1.54) is 0 Å². The maximum Gasteiger partial charge on any atom is 0.269 e. The Labute approximate surface area is 292 Å². The number of nitrogens with one attached hydrogen (secondary N) is 1. The van der Waals surface area contributed by atoms with Crippen LogP contribution >= 0.6 is 0 Å². The Morgan fingerprint density at radius 1 is 0.820 bits per heavy atom. The standard InChI is InChI=1S/C20H23N5O.C19H22N4O/c1-24-10-8-16(9-11-24)25-19(21)17(20(22)26)18(23-25)15-7-6-13-4-2-3-5-14(13)12-15;1-19(2,3)12-23-11-16(18(24)21-20)17(22-23)15-9-8-13-6-4-5-7-14(13)10-15/h2-7,12,16H,8-11,21H2,1H3,(H2,22,26);4-11H,12,20H2,1-3H3,(H,21,24). The average molecular weight is 672 g/mol. The van der Waals surface area contributed by atoms with Crippen molar-refractivity contribution in [2.24, 2.45) is 17.0 Å². The molecular formula is C39H45N9O2. The number of carbonyl (C=O) groups excluding carboxylic acids is 2. The van der Waals surface area contributed by atoms with Gasteiger partial charge in [0.05, 0.1) is 11.6 Å². The average Bonchev–Trinajstić information content (AvgIpc) is 3.68. The molecule has 1 fully saturated rings. The summed E-state index contributed by atoms with van der Waals surface area (Å²) in [6.07, 6.45) is 3.67. The monoisotopic (exact) mass is 671 g/mol. The Kier molecular flexibility index (Phi) is 9.72. The number of primary amides is 1. The number of piperidine rings is 1. The Bertz CT molecular complexity index is 2170. The minimum absolute atomic E-state index is 0.0587. The predicted octanol–water partition coefficient (Wildman–Crippen LogP) is 6.00. The zero-order valence-electron chi connectivity index (χ0n) is 29.1. The predicted molar refractivity (Wildman–Crippen MR) is 200 cm³/mol. The van der Waals surface area contributed by atoms with E-state index in [9.17, 15) is 9.59 Å². The summed E-state index contributed by atoms with van der Waals surface area (Å²) in [7, 11) is 2.11. The second-order valence-corrected chi connectivity index (χ2v) is 14.2. The van der Waals surface area contributed by atoms with Crippen molar-refractivity contribution in [1.82, 2.24) is 29.9 Å². The van der Waals surface area contributed by atoms with Crippen molar-refractivity contribution in [2.45, 2.75) is 46.2 Å². The molecular weight excluding hydrogens is 626 g/mol. The van der Waals surface area contributed by atoms with Crippen molar-refractivity contribution in [3.8, 4) is 22.5 Å². The largest absolute Gasteiger partial charge is 0.383 e. The summed E-state index contributed by atoms with van der Waals surface area (Å²) < 4.78 is 3.62. The molecule has 0 radical (unpaired) electrons. The van der Waals surface area contributed by atoms with Gasteiger partial charge in [-0.3, -0.25) is 19.7 Å². The van der Waals surface area contributed by atoms with Gasteiger partial charge in [-0.05, 0) is 72.1 Å². The van der Waals surface area contributed by atoms with E-state index in [4.69, 9.17) is 22.4 Å². The molecule has 2 amide bonds. The first-order valence-corrected chi connectivity index (χ1v) is 16.8. The Hall–Kier alpha value is -5.52. The van der Waals surface area contributed by atoms with Gasteiger partial charge in [-0.15, -0.1) is 0 Å². The van der Waals surface area contributed by atoms with Crippen molar-refractivity contribution < 1.29 is 9.59 Å². The summed E-state index contributed by atoms with van der Waals surface area (Å²) in [4.78, 5) is 26.6. The molecule has 1 aliphatic rings. The van der Waals surface area contributed by atoms with Crippen LogP contribution in [-0.2, 0) is 6.54 Å². The Morgan fingerprint density at radius 2 is 1.36 bits per heavy atom. The molecule has 1 saturated heterocycles. The molecule has 0 spiro atoms. The van der Waals surface area contributed by atoms with Crippen LogP contribution in [0.5, 0.6) is 0 Å². The van der Waals surface area contributed by atoms with E-state index in [2.05, 4.69) is 55.4 Å². The molecule has 6 aromatic rings. The van der Waals surface area contributed by atoms with E-state index in [-0.39, 0.29) is 17.4 Å². The summed E-state index contributed by atoms with van der Waals surface area (Å²) in [5, 5.41) is 13.9. The highest BCUT2D eigenvalue weighted by molar-refractivity contribution is 6.04. The fraction of sp³-hybridized carbons (Fsp3) is 0.282. The van der Waals surface area contributed by atoms with Gasteiger partial charge >= 0.3 is 0 Å². The van der Waals surface area contributed by atoms with Gasteiger partial charge < -0.3 is 16.4 Å². The zero-order chi connectivity index (χ0) is 35.6. The number of likely N-dealkylation sites (tertiary alicyclic amines) is 1. The number of fused-ring (bicyclic) bond motifs is 2. The SMILES string of the molecule is CC(C)(C)Cn1cc(C(=O)NN)c(-c2ccc3ccccc3c2)n1.CN1CCC(n2nc(-c3ccc4ccccc4c3)c(C(N)=O)c2N)CC1. The number of nitrogen functional groups attached to an aromatic ring is 2. The van der Waals surface area contributed by atoms with E-state index in [1.807, 2.05) is 77.5 Å². The molecule has 11 nitrogen and oxygen atoms in total. The molecule has 258 valence electrons. The Balaban J connectivity index is 0.000000174. The smallest absolute Gasteiger partial charge is 0.269 e. The molecule has 50 heavy (non-hydrogen) atoms. The molecule has 2 aromatic heterocycles. The van der Waals surface area contributed by atoms with Crippen LogP contribution in [0.3, 0.4) is 0 Å². The first-order valence-electron chi connectivity index (χ1n) is 16.8. The second-order valence-electron chi connectivity index (χ2n) is 14.2. The van der Waals surface area contributed by atoms with Crippen molar-refractivity contribution in [3.63, 3.8) is 0 Å². The number of carbonyl (C=O) groups is 2. The second kappa shape index (κ2) is 14.1. The number of rotatable bonds is 6. The van der Waals surface area contributed by atoms with E-state index in [0.717, 1.165) is 58.6 Å². The van der Waals surface area contributed by atoms with Crippen LogP contribution in [0.2, 0.25) is 0 Å². The minimum Gasteiger partial charge on any atom is -0.383 e. The molecule has 0 unspecified atom stereocenters. The van der Waals surface area contributed by atoms with Gasteiger partial charge in [0.1, 0.15) is 22.8 Å². The summed E-state index contributed by atoms with van der Waals surface area (Å²) in [5.41, 5.74) is 18.0. The van der Waals surface area contributed by atoms with Crippen LogP contribution in [-0.4, -0.2) is 56.4 Å². The number of aromatic nitrogens is 4. The van der Waals surface area contributed by atoms with Crippen molar-refractivity contribution in [3.05, 3.63) is 102 Å². The van der Waals surface area contributed by atoms with E-state index in [0.29, 0.717) is 34.9 Å². The number of nitrogens with two attached hydrogens (primary N) is 3. The molecule has 4 aromatic carbocycles. The van der Waals surface area contributed by atoms with E-state index < -0.39 is 5.91 Å². The van der Waals surface area contributed by atoms with E-state index in [1.54, 1.807) is 10.9 Å². The van der Waals surface area contributed by atoms with Crippen molar-refractivity contribution >= 4 is 39.2 Å². The highest BCUT2D eigenvalue weighted by Gasteiger charge is 2.27. The molecule has 7 rings (SSSR count). The lowest BCUT2D eigenvalue weighted by Gasteiger charge is -2.29. The third kappa shape index (κ3) is 7.39. The topological polar surface area (TPSA) is 163 Å². The molecule has 11 heteroatoms. The first kappa shape index (κ1) is 34.3. The van der Waals surface area contributed by atoms with Crippen LogP contribution < -0.4 is 22.7 Å². The van der Waals surface area contributed by atoms with Gasteiger partial charge in [0.25, 0.3) is 11.8 Å². The third-order valence-corrected chi connectivity index (χ3v) is 9.05. The molecule has 0 saturated carbocycles. The third-order valence-electron chi connectivity index (χ3n) is 9.05. The van der Waals surface area contributed by atoms with Crippen LogP contribution in [0.4, 0.5) is 5.82 Å². The van der Waals surface area contributed by atoms with Crippen molar-refractivity contribution in [2.75, 3.05) is 25.9 Å². The fourth-order valence-corrected chi connectivity index (χ4v) is 6.53. The summed E-state index contributed by atoms with van der Waals surface area (Å²) in [5.74, 6) is 4.84. The fourth-order valence-electron chi connectivity index (χ4n) is 6.53.